The summed E-state index contributed by atoms with van der Waals surface area (Å²) in [6, 6.07) is 3.81. The van der Waals surface area contributed by atoms with Crippen molar-refractivity contribution in [1.82, 2.24) is 4.72 Å². The molecule has 1 fully saturated rings. The summed E-state index contributed by atoms with van der Waals surface area (Å²) >= 11 is 3.34. The standard InChI is InChI=1S/C12H15BrFNO2S/c1-9-3-4-10(14)7-11(9)18(16,17)15-12(8-13)5-2-6-12/h3-4,7,15H,2,5-6,8H2,1H3. The summed E-state index contributed by atoms with van der Waals surface area (Å²) in [4.78, 5) is 0.0229. The quantitative estimate of drug-likeness (QED) is 0.860. The highest BCUT2D eigenvalue weighted by Crippen LogP contribution is 2.35. The second-order valence-corrected chi connectivity index (χ2v) is 6.99. The van der Waals surface area contributed by atoms with E-state index in [-0.39, 0.29) is 4.90 Å². The lowest BCUT2D eigenvalue weighted by Crippen LogP contribution is -2.54. The molecule has 0 saturated heterocycles. The summed E-state index contributed by atoms with van der Waals surface area (Å²) in [5.41, 5.74) is 0.144. The molecule has 1 N–H and O–H groups in total. The van der Waals surface area contributed by atoms with Crippen molar-refractivity contribution < 1.29 is 12.8 Å². The summed E-state index contributed by atoms with van der Waals surface area (Å²) in [6.07, 6.45) is 2.63. The summed E-state index contributed by atoms with van der Waals surface area (Å²) in [5.74, 6) is -0.539. The third-order valence-corrected chi connectivity index (χ3v) is 6.15. The number of hydrogen-bond donors (Lipinski definition) is 1. The molecule has 3 nitrogen and oxygen atoms in total. The molecule has 0 bridgehead atoms. The molecule has 1 aliphatic carbocycles. The van der Waals surface area contributed by atoms with Crippen LogP contribution in [-0.2, 0) is 10.0 Å². The van der Waals surface area contributed by atoms with Gasteiger partial charge in [0.15, 0.2) is 0 Å². The van der Waals surface area contributed by atoms with Gasteiger partial charge in [-0.3, -0.25) is 0 Å². The Kier molecular flexibility index (Phi) is 3.80. The van der Waals surface area contributed by atoms with Crippen LogP contribution in [0.3, 0.4) is 0 Å². The summed E-state index contributed by atoms with van der Waals surface area (Å²) in [6.45, 7) is 1.66. The van der Waals surface area contributed by atoms with Crippen molar-refractivity contribution in [1.29, 1.82) is 0 Å². The predicted molar refractivity (Wildman–Crippen MR) is 71.8 cm³/mol. The topological polar surface area (TPSA) is 46.2 Å². The fourth-order valence-corrected chi connectivity index (χ4v) is 4.67. The van der Waals surface area contributed by atoms with Crippen LogP contribution in [0.15, 0.2) is 23.1 Å². The molecule has 0 radical (unpaired) electrons. The summed E-state index contributed by atoms with van der Waals surface area (Å²) in [7, 11) is -3.66. The van der Waals surface area contributed by atoms with Crippen LogP contribution in [0, 0.1) is 12.7 Å². The lowest BCUT2D eigenvalue weighted by atomic mass is 9.80. The van der Waals surface area contributed by atoms with Crippen LogP contribution in [0.4, 0.5) is 4.39 Å². The molecule has 0 aromatic heterocycles. The van der Waals surface area contributed by atoms with Crippen LogP contribution in [-0.4, -0.2) is 19.3 Å². The smallest absolute Gasteiger partial charge is 0.207 e. The Bertz CT molecular complexity index is 550. The first kappa shape index (κ1) is 14.0. The van der Waals surface area contributed by atoms with Gasteiger partial charge < -0.3 is 0 Å². The van der Waals surface area contributed by atoms with Crippen molar-refractivity contribution in [2.45, 2.75) is 36.6 Å². The maximum absolute atomic E-state index is 13.2. The second kappa shape index (κ2) is 4.90. The minimum atomic E-state index is -3.66. The zero-order valence-corrected chi connectivity index (χ0v) is 12.4. The van der Waals surface area contributed by atoms with Crippen LogP contribution in [0.5, 0.6) is 0 Å². The molecule has 2 rings (SSSR count). The zero-order valence-electron chi connectivity index (χ0n) is 10.0. The Labute approximate surface area is 115 Å². The predicted octanol–water partition coefficient (Wildman–Crippen LogP) is 2.73. The van der Waals surface area contributed by atoms with Crippen molar-refractivity contribution in [2.24, 2.45) is 0 Å². The Morgan fingerprint density at radius 2 is 2.11 bits per heavy atom. The molecule has 1 aliphatic rings. The zero-order chi connectivity index (χ0) is 13.4. The summed E-state index contributed by atoms with van der Waals surface area (Å²) in [5, 5.41) is 0.577. The van der Waals surface area contributed by atoms with E-state index in [0.29, 0.717) is 10.9 Å². The fourth-order valence-electron chi connectivity index (χ4n) is 2.07. The third kappa shape index (κ3) is 2.60. The van der Waals surface area contributed by atoms with Crippen molar-refractivity contribution in [2.75, 3.05) is 5.33 Å². The van der Waals surface area contributed by atoms with Gasteiger partial charge in [-0.05, 0) is 43.9 Å². The van der Waals surface area contributed by atoms with Gasteiger partial charge in [0, 0.05) is 10.9 Å². The van der Waals surface area contributed by atoms with Gasteiger partial charge in [-0.25, -0.2) is 17.5 Å². The average Bonchev–Trinajstić information content (AvgIpc) is 2.27. The van der Waals surface area contributed by atoms with E-state index in [9.17, 15) is 12.8 Å². The van der Waals surface area contributed by atoms with Crippen molar-refractivity contribution in [3.63, 3.8) is 0 Å². The minimum Gasteiger partial charge on any atom is -0.207 e. The van der Waals surface area contributed by atoms with Crippen LogP contribution in [0.2, 0.25) is 0 Å². The molecule has 0 amide bonds. The van der Waals surface area contributed by atoms with Gasteiger partial charge in [-0.15, -0.1) is 0 Å². The molecule has 0 heterocycles. The van der Waals surface area contributed by atoms with Gasteiger partial charge in [0.2, 0.25) is 10.0 Å². The van der Waals surface area contributed by atoms with Crippen LogP contribution in [0.1, 0.15) is 24.8 Å². The second-order valence-electron chi connectivity index (χ2n) is 4.78. The monoisotopic (exact) mass is 335 g/mol. The minimum absolute atomic E-state index is 0.0229. The van der Waals surface area contributed by atoms with E-state index in [4.69, 9.17) is 0 Å². The Morgan fingerprint density at radius 1 is 1.44 bits per heavy atom. The largest absolute Gasteiger partial charge is 0.241 e. The highest BCUT2D eigenvalue weighted by Gasteiger charge is 2.40. The normalized spacial score (nSPS) is 18.4. The van der Waals surface area contributed by atoms with Gasteiger partial charge in [0.25, 0.3) is 0 Å². The van der Waals surface area contributed by atoms with E-state index in [1.165, 1.54) is 12.1 Å². The molecule has 1 saturated carbocycles. The molecule has 1 aromatic carbocycles. The number of alkyl halides is 1. The number of rotatable bonds is 4. The number of nitrogens with one attached hydrogen (secondary N) is 1. The first-order valence-corrected chi connectivity index (χ1v) is 8.35. The maximum atomic E-state index is 13.2. The lowest BCUT2D eigenvalue weighted by Gasteiger charge is -2.40. The van der Waals surface area contributed by atoms with Crippen LogP contribution in [0.25, 0.3) is 0 Å². The molecule has 18 heavy (non-hydrogen) atoms. The molecule has 0 unspecified atom stereocenters. The number of hydrogen-bond acceptors (Lipinski definition) is 2. The number of halogens is 2. The number of benzene rings is 1. The third-order valence-electron chi connectivity index (χ3n) is 3.36. The molecule has 0 aliphatic heterocycles. The average molecular weight is 336 g/mol. The van der Waals surface area contributed by atoms with E-state index in [2.05, 4.69) is 20.7 Å². The van der Waals surface area contributed by atoms with Crippen molar-refractivity contribution in [3.05, 3.63) is 29.6 Å². The van der Waals surface area contributed by atoms with E-state index in [1.54, 1.807) is 6.92 Å². The van der Waals surface area contributed by atoms with Gasteiger partial charge in [0.1, 0.15) is 5.82 Å². The SMILES string of the molecule is Cc1ccc(F)cc1S(=O)(=O)NC1(CBr)CCC1. The Balaban J connectivity index is 2.33. The van der Waals surface area contributed by atoms with E-state index < -0.39 is 21.4 Å². The molecule has 1 aromatic rings. The number of aryl methyl sites for hydroxylation is 1. The molecule has 6 heteroatoms. The highest BCUT2D eigenvalue weighted by molar-refractivity contribution is 9.09. The Hall–Kier alpha value is -0.460. The molecule has 0 atom stereocenters. The molecular formula is C12H15BrFNO2S. The van der Waals surface area contributed by atoms with E-state index in [1.807, 2.05) is 0 Å². The fraction of sp³-hybridized carbons (Fsp3) is 0.500. The van der Waals surface area contributed by atoms with Crippen molar-refractivity contribution in [3.8, 4) is 0 Å². The first-order valence-electron chi connectivity index (χ1n) is 5.75. The van der Waals surface area contributed by atoms with Crippen LogP contribution >= 0.6 is 15.9 Å². The molecular weight excluding hydrogens is 321 g/mol. The maximum Gasteiger partial charge on any atom is 0.241 e. The van der Waals surface area contributed by atoms with Crippen molar-refractivity contribution >= 4 is 26.0 Å². The highest BCUT2D eigenvalue weighted by atomic mass is 79.9. The number of sulfonamides is 1. The Morgan fingerprint density at radius 3 is 2.61 bits per heavy atom. The first-order chi connectivity index (χ1) is 8.38. The lowest BCUT2D eigenvalue weighted by molar-refractivity contribution is 0.256. The van der Waals surface area contributed by atoms with Crippen LogP contribution < -0.4 is 4.72 Å². The van der Waals surface area contributed by atoms with E-state index in [0.717, 1.165) is 25.3 Å². The van der Waals surface area contributed by atoms with Gasteiger partial charge in [-0.2, -0.15) is 0 Å². The molecule has 100 valence electrons. The van der Waals surface area contributed by atoms with E-state index >= 15 is 0 Å². The van der Waals surface area contributed by atoms with Gasteiger partial charge >= 0.3 is 0 Å². The van der Waals surface area contributed by atoms with Gasteiger partial charge in [-0.1, -0.05) is 22.0 Å². The summed E-state index contributed by atoms with van der Waals surface area (Å²) < 4.78 is 40.4. The molecule has 0 spiro atoms. The van der Waals surface area contributed by atoms with Gasteiger partial charge in [0.05, 0.1) is 4.90 Å².